The molecule has 1 heterocycles. The molecule has 0 aliphatic heterocycles. The van der Waals surface area contributed by atoms with E-state index in [1.165, 1.54) is 11.7 Å². The van der Waals surface area contributed by atoms with E-state index in [2.05, 4.69) is 15.4 Å². The van der Waals surface area contributed by atoms with Crippen LogP contribution >= 0.6 is 0 Å². The smallest absolute Gasteiger partial charge is 0.302 e. The summed E-state index contributed by atoms with van der Waals surface area (Å²) in [5, 5.41) is 12.1. The summed E-state index contributed by atoms with van der Waals surface area (Å²) < 4.78 is 5.00. The van der Waals surface area contributed by atoms with Gasteiger partial charge in [-0.25, -0.2) is 0 Å². The molecule has 2 aromatic rings. The number of ether oxygens (including phenoxy) is 1. The van der Waals surface area contributed by atoms with Gasteiger partial charge in [-0.05, 0) is 12.1 Å². The van der Waals surface area contributed by atoms with Crippen molar-refractivity contribution < 1.29 is 9.53 Å². The average molecular weight is 246 g/mol. The molecule has 1 aromatic carbocycles. The summed E-state index contributed by atoms with van der Waals surface area (Å²) in [5.74, 6) is 0.247. The van der Waals surface area contributed by atoms with E-state index in [9.17, 15) is 4.79 Å². The SMILES string of the molecule is CC(=O)O[C@H](C)Cn1nnc(-c2ccccc2)n1. The first kappa shape index (κ1) is 12.2. The number of carbonyl (C=O) groups excluding carboxylic acids is 1. The Morgan fingerprint density at radius 3 is 2.78 bits per heavy atom. The highest BCUT2D eigenvalue weighted by Crippen LogP contribution is 2.11. The number of benzene rings is 1. The van der Waals surface area contributed by atoms with Gasteiger partial charge in [0, 0.05) is 12.5 Å². The monoisotopic (exact) mass is 246 g/mol. The third kappa shape index (κ3) is 3.13. The Morgan fingerprint density at radius 1 is 1.39 bits per heavy atom. The molecule has 1 aromatic heterocycles. The van der Waals surface area contributed by atoms with Crippen LogP contribution < -0.4 is 0 Å². The van der Waals surface area contributed by atoms with Gasteiger partial charge < -0.3 is 4.74 Å². The van der Waals surface area contributed by atoms with Crippen LogP contribution in [0.4, 0.5) is 0 Å². The zero-order chi connectivity index (χ0) is 13.0. The van der Waals surface area contributed by atoms with Crippen LogP contribution in [-0.2, 0) is 16.1 Å². The Hall–Kier alpha value is -2.24. The van der Waals surface area contributed by atoms with Gasteiger partial charge in [-0.3, -0.25) is 4.79 Å². The number of hydrogen-bond acceptors (Lipinski definition) is 5. The van der Waals surface area contributed by atoms with Crippen LogP contribution in [0.15, 0.2) is 30.3 Å². The van der Waals surface area contributed by atoms with Crippen molar-refractivity contribution >= 4 is 5.97 Å². The van der Waals surface area contributed by atoms with Crippen molar-refractivity contribution in [1.29, 1.82) is 0 Å². The largest absolute Gasteiger partial charge is 0.461 e. The van der Waals surface area contributed by atoms with Crippen LogP contribution in [0.5, 0.6) is 0 Å². The average Bonchev–Trinajstić information content (AvgIpc) is 2.77. The van der Waals surface area contributed by atoms with E-state index < -0.39 is 0 Å². The van der Waals surface area contributed by atoms with Gasteiger partial charge in [0.1, 0.15) is 6.10 Å². The van der Waals surface area contributed by atoms with E-state index >= 15 is 0 Å². The fourth-order valence-corrected chi connectivity index (χ4v) is 1.57. The summed E-state index contributed by atoms with van der Waals surface area (Å²) >= 11 is 0. The lowest BCUT2D eigenvalue weighted by Gasteiger charge is -2.09. The lowest BCUT2D eigenvalue weighted by atomic mass is 10.2. The second-order valence-electron chi connectivity index (χ2n) is 3.95. The number of rotatable bonds is 4. The lowest BCUT2D eigenvalue weighted by Crippen LogP contribution is -2.20. The van der Waals surface area contributed by atoms with Crippen molar-refractivity contribution in [2.45, 2.75) is 26.5 Å². The predicted molar refractivity (Wildman–Crippen MR) is 64.5 cm³/mol. The lowest BCUT2D eigenvalue weighted by molar-refractivity contribution is -0.146. The van der Waals surface area contributed by atoms with E-state index in [1.54, 1.807) is 6.92 Å². The molecule has 0 fully saturated rings. The van der Waals surface area contributed by atoms with Gasteiger partial charge in [-0.1, -0.05) is 30.3 Å². The Labute approximate surface area is 105 Å². The highest BCUT2D eigenvalue weighted by molar-refractivity contribution is 5.66. The number of esters is 1. The summed E-state index contributed by atoms with van der Waals surface area (Å²) in [4.78, 5) is 12.2. The first-order chi connectivity index (χ1) is 8.65. The quantitative estimate of drug-likeness (QED) is 0.760. The summed E-state index contributed by atoms with van der Waals surface area (Å²) in [7, 11) is 0. The molecule has 0 radical (unpaired) electrons. The summed E-state index contributed by atoms with van der Waals surface area (Å²) in [5.41, 5.74) is 0.906. The van der Waals surface area contributed by atoms with Crippen LogP contribution in [-0.4, -0.2) is 32.3 Å². The maximum absolute atomic E-state index is 10.8. The van der Waals surface area contributed by atoms with Crippen LogP contribution in [0.25, 0.3) is 11.4 Å². The van der Waals surface area contributed by atoms with Gasteiger partial charge in [0.15, 0.2) is 0 Å². The van der Waals surface area contributed by atoms with E-state index in [1.807, 2.05) is 30.3 Å². The first-order valence-electron chi connectivity index (χ1n) is 5.65. The van der Waals surface area contributed by atoms with Crippen molar-refractivity contribution in [3.63, 3.8) is 0 Å². The predicted octanol–water partition coefficient (Wildman–Crippen LogP) is 1.29. The number of hydrogen-bond donors (Lipinski definition) is 0. The molecule has 0 saturated heterocycles. The van der Waals surface area contributed by atoms with Crippen molar-refractivity contribution in [2.75, 3.05) is 0 Å². The van der Waals surface area contributed by atoms with Crippen molar-refractivity contribution in [3.05, 3.63) is 30.3 Å². The van der Waals surface area contributed by atoms with E-state index in [-0.39, 0.29) is 12.1 Å². The standard InChI is InChI=1S/C12H14N4O2/c1-9(18-10(2)17)8-16-14-12(13-15-16)11-6-4-3-5-7-11/h3-7,9H,8H2,1-2H3/t9-/m1/s1. The minimum Gasteiger partial charge on any atom is -0.461 e. The zero-order valence-electron chi connectivity index (χ0n) is 10.3. The van der Waals surface area contributed by atoms with Crippen LogP contribution in [0.1, 0.15) is 13.8 Å². The normalized spacial score (nSPS) is 12.1. The summed E-state index contributed by atoms with van der Waals surface area (Å²) in [6.45, 7) is 3.55. The Balaban J connectivity index is 2.05. The maximum atomic E-state index is 10.8. The van der Waals surface area contributed by atoms with Gasteiger partial charge >= 0.3 is 5.97 Å². The number of carbonyl (C=O) groups is 1. The van der Waals surface area contributed by atoms with Crippen molar-refractivity contribution in [2.24, 2.45) is 0 Å². The van der Waals surface area contributed by atoms with Gasteiger partial charge in [0.05, 0.1) is 6.54 Å². The Morgan fingerprint density at radius 2 is 2.11 bits per heavy atom. The fraction of sp³-hybridized carbons (Fsp3) is 0.333. The van der Waals surface area contributed by atoms with Gasteiger partial charge in [0.2, 0.25) is 5.82 Å². The minimum atomic E-state index is -0.314. The molecule has 0 amide bonds. The van der Waals surface area contributed by atoms with Crippen molar-refractivity contribution in [1.82, 2.24) is 20.2 Å². The third-order valence-electron chi connectivity index (χ3n) is 2.27. The van der Waals surface area contributed by atoms with Crippen LogP contribution in [0, 0.1) is 0 Å². The van der Waals surface area contributed by atoms with Crippen molar-refractivity contribution in [3.8, 4) is 11.4 Å². The van der Waals surface area contributed by atoms with Crippen LogP contribution in [0.3, 0.4) is 0 Å². The molecule has 94 valence electrons. The molecule has 0 aliphatic rings. The molecule has 6 nitrogen and oxygen atoms in total. The molecule has 1 atom stereocenters. The highest BCUT2D eigenvalue weighted by atomic mass is 16.5. The molecule has 2 rings (SSSR count). The fourth-order valence-electron chi connectivity index (χ4n) is 1.57. The summed E-state index contributed by atoms with van der Waals surface area (Å²) in [6, 6.07) is 9.58. The highest BCUT2D eigenvalue weighted by Gasteiger charge is 2.10. The molecule has 0 spiro atoms. The second-order valence-corrected chi connectivity index (χ2v) is 3.95. The molecular weight excluding hydrogens is 232 g/mol. The number of nitrogens with zero attached hydrogens (tertiary/aromatic N) is 4. The second kappa shape index (κ2) is 5.39. The Bertz CT molecular complexity index is 524. The van der Waals surface area contributed by atoms with Gasteiger partial charge in [-0.2, -0.15) is 4.80 Å². The first-order valence-corrected chi connectivity index (χ1v) is 5.65. The molecule has 18 heavy (non-hydrogen) atoms. The summed E-state index contributed by atoms with van der Waals surface area (Å²) in [6.07, 6.45) is -0.277. The molecule has 0 aliphatic carbocycles. The molecule has 0 bridgehead atoms. The van der Waals surface area contributed by atoms with E-state index in [0.717, 1.165) is 5.56 Å². The molecule has 0 unspecified atom stereocenters. The molecule has 0 saturated carbocycles. The zero-order valence-corrected chi connectivity index (χ0v) is 10.3. The maximum Gasteiger partial charge on any atom is 0.302 e. The number of aromatic nitrogens is 4. The third-order valence-corrected chi connectivity index (χ3v) is 2.27. The molecule has 0 N–H and O–H groups in total. The minimum absolute atomic E-state index is 0.277. The molecule has 6 heteroatoms. The van der Waals surface area contributed by atoms with Crippen LogP contribution in [0.2, 0.25) is 0 Å². The van der Waals surface area contributed by atoms with Gasteiger partial charge in [-0.15, -0.1) is 10.2 Å². The number of tetrazole rings is 1. The molecular formula is C12H14N4O2. The van der Waals surface area contributed by atoms with E-state index in [0.29, 0.717) is 12.4 Å². The Kier molecular flexibility index (Phi) is 3.66. The van der Waals surface area contributed by atoms with Gasteiger partial charge in [0.25, 0.3) is 0 Å². The topological polar surface area (TPSA) is 69.9 Å². The van der Waals surface area contributed by atoms with E-state index in [4.69, 9.17) is 4.74 Å².